The molecule has 4 aliphatic carbocycles. The van der Waals surface area contributed by atoms with Crippen LogP contribution in [-0.2, 0) is 0 Å². The predicted molar refractivity (Wildman–Crippen MR) is 122 cm³/mol. The number of hydrogen-bond donors (Lipinski definition) is 0. The molecule has 1 unspecified atom stereocenters. The second-order valence-electron chi connectivity index (χ2n) is 12.1. The minimum atomic E-state index is 0.547. The molecule has 3 fully saturated rings. The Morgan fingerprint density at radius 2 is 1.61 bits per heavy atom. The molecule has 4 aliphatic rings. The van der Waals surface area contributed by atoms with Crippen LogP contribution in [0.5, 0.6) is 0 Å². The van der Waals surface area contributed by atoms with Crippen LogP contribution in [-0.4, -0.2) is 0 Å². The average molecular weight is 383 g/mol. The number of fused-ring (bicyclic) bond motifs is 5. The van der Waals surface area contributed by atoms with E-state index in [1.165, 1.54) is 57.8 Å². The van der Waals surface area contributed by atoms with Crippen molar-refractivity contribution in [2.45, 2.75) is 99.3 Å². The maximum Gasteiger partial charge on any atom is -0.0143 e. The maximum atomic E-state index is 2.77. The lowest BCUT2D eigenvalue weighted by Gasteiger charge is -2.57. The first kappa shape index (κ1) is 20.7. The van der Waals surface area contributed by atoms with Crippen LogP contribution < -0.4 is 0 Å². The zero-order chi connectivity index (χ0) is 20.1. The van der Waals surface area contributed by atoms with Gasteiger partial charge in [0.25, 0.3) is 0 Å². The SMILES string of the molecule is CC(C)[C@@H](C)C=C[C@@H](C)[C@H]1CC[C@H]2C3=CCC4CCCC[C@]4(C)[C@H]3CC[C@]12C. The summed E-state index contributed by atoms with van der Waals surface area (Å²) in [5, 5.41) is 0. The van der Waals surface area contributed by atoms with Gasteiger partial charge in [-0.05, 0) is 97.2 Å². The van der Waals surface area contributed by atoms with Crippen molar-refractivity contribution in [1.82, 2.24) is 0 Å². The first-order valence-electron chi connectivity index (χ1n) is 12.7. The van der Waals surface area contributed by atoms with E-state index in [9.17, 15) is 0 Å². The van der Waals surface area contributed by atoms with Gasteiger partial charge in [-0.15, -0.1) is 0 Å². The number of rotatable bonds is 4. The molecule has 8 atom stereocenters. The first-order chi connectivity index (χ1) is 13.3. The maximum absolute atomic E-state index is 2.77. The van der Waals surface area contributed by atoms with Crippen molar-refractivity contribution in [3.05, 3.63) is 23.8 Å². The molecule has 28 heavy (non-hydrogen) atoms. The molecule has 0 nitrogen and oxygen atoms in total. The van der Waals surface area contributed by atoms with Crippen molar-refractivity contribution >= 4 is 0 Å². The fourth-order valence-electron chi connectivity index (χ4n) is 8.16. The highest BCUT2D eigenvalue weighted by Gasteiger charge is 2.57. The molecule has 0 heteroatoms. The van der Waals surface area contributed by atoms with Crippen LogP contribution in [0.25, 0.3) is 0 Å². The van der Waals surface area contributed by atoms with Gasteiger partial charge in [0.1, 0.15) is 0 Å². The summed E-state index contributed by atoms with van der Waals surface area (Å²) in [5.41, 5.74) is 3.11. The van der Waals surface area contributed by atoms with Crippen molar-refractivity contribution in [1.29, 1.82) is 0 Å². The Morgan fingerprint density at radius 1 is 0.857 bits per heavy atom. The molecule has 0 aliphatic heterocycles. The molecule has 3 saturated carbocycles. The molecule has 0 amide bonds. The highest BCUT2D eigenvalue weighted by Crippen LogP contribution is 2.66. The second kappa shape index (κ2) is 7.63. The molecule has 0 saturated heterocycles. The molecule has 0 aromatic rings. The van der Waals surface area contributed by atoms with Gasteiger partial charge in [0, 0.05) is 0 Å². The second-order valence-corrected chi connectivity index (χ2v) is 12.1. The third kappa shape index (κ3) is 3.26. The zero-order valence-electron chi connectivity index (χ0n) is 19.6. The van der Waals surface area contributed by atoms with E-state index in [1.54, 1.807) is 0 Å². The highest BCUT2D eigenvalue weighted by molar-refractivity contribution is 5.27. The van der Waals surface area contributed by atoms with Crippen LogP contribution in [0.1, 0.15) is 99.3 Å². The monoisotopic (exact) mass is 382 g/mol. The van der Waals surface area contributed by atoms with E-state index in [1.807, 2.05) is 5.57 Å². The Labute approximate surface area is 175 Å². The lowest BCUT2D eigenvalue weighted by molar-refractivity contribution is -0.00481. The minimum Gasteiger partial charge on any atom is -0.0852 e. The summed E-state index contributed by atoms with van der Waals surface area (Å²) >= 11 is 0. The summed E-state index contributed by atoms with van der Waals surface area (Å²) in [7, 11) is 0. The van der Waals surface area contributed by atoms with Gasteiger partial charge in [-0.3, -0.25) is 0 Å². The van der Waals surface area contributed by atoms with Crippen LogP contribution in [0, 0.1) is 52.3 Å². The fraction of sp³-hybridized carbons (Fsp3) is 0.857. The smallest absolute Gasteiger partial charge is 0.0143 e. The lowest BCUT2D eigenvalue weighted by atomic mass is 9.48. The fourth-order valence-corrected chi connectivity index (χ4v) is 8.16. The molecule has 0 aromatic carbocycles. The Hall–Kier alpha value is -0.520. The number of hydrogen-bond acceptors (Lipinski definition) is 0. The molecule has 0 radical (unpaired) electrons. The van der Waals surface area contributed by atoms with Gasteiger partial charge in [0.15, 0.2) is 0 Å². The van der Waals surface area contributed by atoms with Gasteiger partial charge in [-0.25, -0.2) is 0 Å². The van der Waals surface area contributed by atoms with E-state index in [0.29, 0.717) is 16.7 Å². The molecule has 0 bridgehead atoms. The summed E-state index contributed by atoms with van der Waals surface area (Å²) in [5.74, 6) is 5.84. The van der Waals surface area contributed by atoms with E-state index in [4.69, 9.17) is 0 Å². The van der Waals surface area contributed by atoms with Gasteiger partial charge < -0.3 is 0 Å². The standard InChI is InChI=1S/C28H46/c1-19(2)20(3)10-11-21(4)24-14-15-25-23-13-12-22-9-7-8-17-27(22,5)26(23)16-18-28(24,25)6/h10-11,13,19-22,24-26H,7-9,12,14-18H2,1-6H3/t20-,21+,22?,24+,25-,26-,27-,28+/m0/s1. The van der Waals surface area contributed by atoms with Crippen LogP contribution in [0.4, 0.5) is 0 Å². The van der Waals surface area contributed by atoms with Crippen molar-refractivity contribution in [3.63, 3.8) is 0 Å². The van der Waals surface area contributed by atoms with Crippen molar-refractivity contribution in [2.75, 3.05) is 0 Å². The summed E-state index contributed by atoms with van der Waals surface area (Å²) < 4.78 is 0. The molecular weight excluding hydrogens is 336 g/mol. The minimum absolute atomic E-state index is 0.547. The van der Waals surface area contributed by atoms with Gasteiger partial charge in [-0.1, -0.05) is 78.2 Å². The zero-order valence-corrected chi connectivity index (χ0v) is 19.6. The van der Waals surface area contributed by atoms with Crippen LogP contribution >= 0.6 is 0 Å². The molecule has 158 valence electrons. The number of allylic oxidation sites excluding steroid dienone is 4. The van der Waals surface area contributed by atoms with Crippen LogP contribution in [0.3, 0.4) is 0 Å². The van der Waals surface area contributed by atoms with E-state index in [-0.39, 0.29) is 0 Å². The largest absolute Gasteiger partial charge is 0.0852 e. The Balaban J connectivity index is 1.54. The average Bonchev–Trinajstić information content (AvgIpc) is 3.02. The van der Waals surface area contributed by atoms with Crippen LogP contribution in [0.2, 0.25) is 0 Å². The van der Waals surface area contributed by atoms with Gasteiger partial charge >= 0.3 is 0 Å². The quantitative estimate of drug-likeness (QED) is 0.428. The van der Waals surface area contributed by atoms with E-state index < -0.39 is 0 Å². The van der Waals surface area contributed by atoms with E-state index in [0.717, 1.165) is 35.5 Å². The van der Waals surface area contributed by atoms with Crippen molar-refractivity contribution in [3.8, 4) is 0 Å². The summed E-state index contributed by atoms with van der Waals surface area (Å²) in [6.45, 7) is 15.0. The molecule has 4 rings (SSSR count). The highest BCUT2D eigenvalue weighted by atomic mass is 14.6. The predicted octanol–water partition coefficient (Wildman–Crippen LogP) is 8.44. The van der Waals surface area contributed by atoms with Crippen LogP contribution in [0.15, 0.2) is 23.8 Å². The normalized spacial score (nSPS) is 45.3. The van der Waals surface area contributed by atoms with Crippen molar-refractivity contribution in [2.24, 2.45) is 52.3 Å². The summed E-state index contributed by atoms with van der Waals surface area (Å²) in [6, 6.07) is 0. The Morgan fingerprint density at radius 3 is 2.36 bits per heavy atom. The van der Waals surface area contributed by atoms with Gasteiger partial charge in [0.05, 0.1) is 0 Å². The molecule has 0 spiro atoms. The Bertz CT molecular complexity index is 624. The summed E-state index contributed by atoms with van der Waals surface area (Å²) in [6.07, 6.45) is 21.1. The topological polar surface area (TPSA) is 0 Å². The Kier molecular flexibility index (Phi) is 5.65. The van der Waals surface area contributed by atoms with E-state index in [2.05, 4.69) is 59.8 Å². The molecular formula is C28H46. The summed E-state index contributed by atoms with van der Waals surface area (Å²) in [4.78, 5) is 0. The third-order valence-electron chi connectivity index (χ3n) is 10.5. The third-order valence-corrected chi connectivity index (χ3v) is 10.5. The van der Waals surface area contributed by atoms with Crippen molar-refractivity contribution < 1.29 is 0 Å². The molecule has 0 N–H and O–H groups in total. The van der Waals surface area contributed by atoms with Gasteiger partial charge in [-0.2, -0.15) is 0 Å². The molecule has 0 aromatic heterocycles. The molecule has 0 heterocycles. The van der Waals surface area contributed by atoms with E-state index >= 15 is 0 Å². The first-order valence-corrected chi connectivity index (χ1v) is 12.7. The van der Waals surface area contributed by atoms with Gasteiger partial charge in [0.2, 0.25) is 0 Å². The lowest BCUT2D eigenvalue weighted by Crippen LogP contribution is -2.48.